The molecule has 0 saturated carbocycles. The van der Waals surface area contributed by atoms with Gasteiger partial charge in [-0.2, -0.15) is 13.2 Å². The van der Waals surface area contributed by atoms with Gasteiger partial charge in [-0.15, -0.1) is 0 Å². The van der Waals surface area contributed by atoms with Crippen LogP contribution in [0.3, 0.4) is 0 Å². The molecular formula is C11H13BrF3NO. The first-order valence-corrected chi connectivity index (χ1v) is 5.63. The first kappa shape index (κ1) is 14.3. The smallest absolute Gasteiger partial charge is 0.408 e. The average Bonchev–Trinajstić information content (AvgIpc) is 2.15. The first-order valence-electron chi connectivity index (χ1n) is 4.84. The van der Waals surface area contributed by atoms with Crippen molar-refractivity contribution in [3.63, 3.8) is 0 Å². The second-order valence-corrected chi connectivity index (χ2v) is 4.71. The van der Waals surface area contributed by atoms with Crippen molar-refractivity contribution in [2.75, 3.05) is 21.2 Å². The molecule has 1 atom stereocenters. The normalized spacial score (nSPS) is 13.9. The van der Waals surface area contributed by atoms with Crippen LogP contribution in [0.1, 0.15) is 11.6 Å². The Bertz CT molecular complexity index is 393. The fourth-order valence-electron chi connectivity index (χ4n) is 1.67. The van der Waals surface area contributed by atoms with E-state index < -0.39 is 12.2 Å². The minimum absolute atomic E-state index is 0.0966. The minimum Gasteiger partial charge on any atom is -0.496 e. The summed E-state index contributed by atoms with van der Waals surface area (Å²) < 4.78 is 44.5. The predicted molar refractivity (Wildman–Crippen MR) is 63.2 cm³/mol. The van der Waals surface area contributed by atoms with Crippen LogP contribution in [0, 0.1) is 0 Å². The van der Waals surface area contributed by atoms with Crippen LogP contribution in [0.2, 0.25) is 0 Å². The topological polar surface area (TPSA) is 12.5 Å². The zero-order valence-corrected chi connectivity index (χ0v) is 11.3. The van der Waals surface area contributed by atoms with Crippen molar-refractivity contribution in [2.45, 2.75) is 12.2 Å². The number of benzene rings is 1. The van der Waals surface area contributed by atoms with Crippen LogP contribution >= 0.6 is 15.9 Å². The van der Waals surface area contributed by atoms with E-state index in [2.05, 4.69) is 15.9 Å². The Kier molecular flexibility index (Phi) is 4.43. The van der Waals surface area contributed by atoms with Crippen molar-refractivity contribution >= 4 is 15.9 Å². The molecular weight excluding hydrogens is 299 g/mol. The zero-order valence-electron chi connectivity index (χ0n) is 9.68. The number of rotatable bonds is 3. The summed E-state index contributed by atoms with van der Waals surface area (Å²) in [5, 5.41) is 0. The summed E-state index contributed by atoms with van der Waals surface area (Å²) in [4.78, 5) is 1.12. The summed E-state index contributed by atoms with van der Waals surface area (Å²) in [6, 6.07) is 2.90. The SMILES string of the molecule is COc1ccc(Br)cc1C(N(C)C)C(F)(F)F. The van der Waals surface area contributed by atoms with Crippen LogP contribution in [-0.2, 0) is 0 Å². The van der Waals surface area contributed by atoms with Crippen molar-refractivity contribution in [3.05, 3.63) is 28.2 Å². The molecule has 0 radical (unpaired) electrons. The molecule has 17 heavy (non-hydrogen) atoms. The molecule has 0 amide bonds. The van der Waals surface area contributed by atoms with E-state index >= 15 is 0 Å². The fourth-order valence-corrected chi connectivity index (χ4v) is 2.04. The Labute approximate surface area is 106 Å². The Hall–Kier alpha value is -0.750. The highest BCUT2D eigenvalue weighted by Gasteiger charge is 2.43. The van der Waals surface area contributed by atoms with E-state index in [4.69, 9.17) is 4.74 Å². The molecule has 0 spiro atoms. The molecule has 0 saturated heterocycles. The van der Waals surface area contributed by atoms with Gasteiger partial charge in [0.25, 0.3) is 0 Å². The Morgan fingerprint density at radius 1 is 1.29 bits per heavy atom. The molecule has 0 aliphatic heterocycles. The zero-order chi connectivity index (χ0) is 13.2. The maximum Gasteiger partial charge on any atom is 0.408 e. The van der Waals surface area contributed by atoms with Crippen LogP contribution in [0.4, 0.5) is 13.2 Å². The quantitative estimate of drug-likeness (QED) is 0.845. The van der Waals surface area contributed by atoms with Gasteiger partial charge in [0, 0.05) is 10.0 Å². The third-order valence-electron chi connectivity index (χ3n) is 2.31. The van der Waals surface area contributed by atoms with E-state index in [-0.39, 0.29) is 11.3 Å². The van der Waals surface area contributed by atoms with Crippen molar-refractivity contribution in [1.82, 2.24) is 4.90 Å². The van der Waals surface area contributed by atoms with Crippen LogP contribution in [-0.4, -0.2) is 32.3 Å². The van der Waals surface area contributed by atoms with Crippen molar-refractivity contribution in [2.24, 2.45) is 0 Å². The highest BCUT2D eigenvalue weighted by molar-refractivity contribution is 9.10. The Balaban J connectivity index is 3.32. The summed E-state index contributed by atoms with van der Waals surface area (Å²) in [6.07, 6.45) is -4.35. The van der Waals surface area contributed by atoms with Crippen LogP contribution in [0.5, 0.6) is 5.75 Å². The number of ether oxygens (including phenoxy) is 1. The molecule has 0 aliphatic rings. The molecule has 0 N–H and O–H groups in total. The van der Waals surface area contributed by atoms with Gasteiger partial charge in [0.2, 0.25) is 0 Å². The summed E-state index contributed by atoms with van der Waals surface area (Å²) in [7, 11) is 4.13. The molecule has 1 aromatic rings. The first-order chi connectivity index (χ1) is 7.77. The monoisotopic (exact) mass is 311 g/mol. The average molecular weight is 312 g/mol. The lowest BCUT2D eigenvalue weighted by molar-refractivity contribution is -0.179. The maximum absolute atomic E-state index is 13.0. The van der Waals surface area contributed by atoms with Crippen molar-refractivity contribution in [1.29, 1.82) is 0 Å². The molecule has 0 aliphatic carbocycles. The number of hydrogen-bond donors (Lipinski definition) is 0. The lowest BCUT2D eigenvalue weighted by Gasteiger charge is -2.28. The van der Waals surface area contributed by atoms with Gasteiger partial charge < -0.3 is 4.74 Å². The van der Waals surface area contributed by atoms with Crippen molar-refractivity contribution < 1.29 is 17.9 Å². The largest absolute Gasteiger partial charge is 0.496 e. The lowest BCUT2D eigenvalue weighted by Crippen LogP contribution is -2.33. The molecule has 0 bridgehead atoms. The molecule has 96 valence electrons. The summed E-state index contributed by atoms with van der Waals surface area (Å²) >= 11 is 3.17. The van der Waals surface area contributed by atoms with Crippen LogP contribution in [0.15, 0.2) is 22.7 Å². The van der Waals surface area contributed by atoms with E-state index in [0.29, 0.717) is 4.47 Å². The summed E-state index contributed by atoms with van der Waals surface area (Å²) in [6.45, 7) is 0. The molecule has 0 heterocycles. The lowest BCUT2D eigenvalue weighted by atomic mass is 10.0. The van der Waals surface area contributed by atoms with E-state index in [9.17, 15) is 13.2 Å². The van der Waals surface area contributed by atoms with Gasteiger partial charge in [-0.1, -0.05) is 15.9 Å². The highest BCUT2D eigenvalue weighted by Crippen LogP contribution is 2.41. The third-order valence-corrected chi connectivity index (χ3v) is 2.81. The second-order valence-electron chi connectivity index (χ2n) is 3.79. The Morgan fingerprint density at radius 2 is 1.88 bits per heavy atom. The van der Waals surface area contributed by atoms with Gasteiger partial charge in [-0.05, 0) is 32.3 Å². The summed E-state index contributed by atoms with van der Waals surface area (Å²) in [5.74, 6) is 0.226. The molecule has 0 fully saturated rings. The number of alkyl halides is 3. The molecule has 1 rings (SSSR count). The maximum atomic E-state index is 13.0. The van der Waals surface area contributed by atoms with E-state index in [0.717, 1.165) is 4.90 Å². The minimum atomic E-state index is -4.35. The number of methoxy groups -OCH3 is 1. The van der Waals surface area contributed by atoms with Gasteiger partial charge in [-0.25, -0.2) is 0 Å². The Morgan fingerprint density at radius 3 is 2.29 bits per heavy atom. The van der Waals surface area contributed by atoms with Crippen LogP contribution in [0.25, 0.3) is 0 Å². The number of halogens is 4. The van der Waals surface area contributed by atoms with Gasteiger partial charge in [0.1, 0.15) is 11.8 Å². The number of hydrogen-bond acceptors (Lipinski definition) is 2. The van der Waals surface area contributed by atoms with Gasteiger partial charge in [0.05, 0.1) is 7.11 Å². The molecule has 6 heteroatoms. The van der Waals surface area contributed by atoms with E-state index in [1.807, 2.05) is 0 Å². The van der Waals surface area contributed by atoms with E-state index in [1.165, 1.54) is 33.3 Å². The van der Waals surface area contributed by atoms with E-state index in [1.54, 1.807) is 6.07 Å². The van der Waals surface area contributed by atoms with Crippen LogP contribution < -0.4 is 4.74 Å². The van der Waals surface area contributed by atoms with Crippen molar-refractivity contribution in [3.8, 4) is 5.75 Å². The molecule has 1 unspecified atom stereocenters. The third kappa shape index (κ3) is 3.35. The molecule has 2 nitrogen and oxygen atoms in total. The standard InChI is InChI=1S/C11H13BrF3NO/c1-16(2)10(11(13,14)15)8-6-7(12)4-5-9(8)17-3/h4-6,10H,1-3H3. The molecule has 0 aromatic heterocycles. The van der Waals surface area contributed by atoms with Gasteiger partial charge in [0.15, 0.2) is 0 Å². The highest BCUT2D eigenvalue weighted by atomic mass is 79.9. The summed E-state index contributed by atoms with van der Waals surface area (Å²) in [5.41, 5.74) is 0.0966. The predicted octanol–water partition coefficient (Wildman–Crippen LogP) is 3.62. The van der Waals surface area contributed by atoms with Gasteiger partial charge in [-0.3, -0.25) is 4.90 Å². The molecule has 1 aromatic carbocycles. The second kappa shape index (κ2) is 5.27. The van der Waals surface area contributed by atoms with Gasteiger partial charge >= 0.3 is 6.18 Å². The number of nitrogens with zero attached hydrogens (tertiary/aromatic N) is 1. The fraction of sp³-hybridized carbons (Fsp3) is 0.455.